The molecule has 1 aromatic carbocycles. The second-order valence-electron chi connectivity index (χ2n) is 7.90. The smallest absolute Gasteiger partial charge is 0.334 e. The van der Waals surface area contributed by atoms with Gasteiger partial charge in [-0.05, 0) is 42.1 Å². The highest BCUT2D eigenvalue weighted by Gasteiger charge is 2.54. The molecule has 1 aromatic heterocycles. The Balaban J connectivity index is 2.32. The van der Waals surface area contributed by atoms with Gasteiger partial charge in [-0.25, -0.2) is 9.00 Å². The second kappa shape index (κ2) is 13.4. The van der Waals surface area contributed by atoms with Gasteiger partial charge in [-0.3, -0.25) is 20.1 Å². The molecule has 0 aliphatic rings. The van der Waals surface area contributed by atoms with Crippen LogP contribution in [0.2, 0.25) is 0 Å². The van der Waals surface area contributed by atoms with Crippen LogP contribution in [0, 0.1) is 11.3 Å². The summed E-state index contributed by atoms with van der Waals surface area (Å²) in [5.41, 5.74) is 4.28. The van der Waals surface area contributed by atoms with Crippen LogP contribution in [0.3, 0.4) is 0 Å². The van der Waals surface area contributed by atoms with Crippen LogP contribution in [-0.2, 0) is 42.9 Å². The highest BCUT2D eigenvalue weighted by atomic mass is 33.9. The number of unbranched alkanes of at least 4 members (excludes halogenated alkanes) is 1. The fourth-order valence-electron chi connectivity index (χ4n) is 3.04. The van der Waals surface area contributed by atoms with Crippen molar-refractivity contribution in [1.82, 2.24) is 15.1 Å². The first-order valence-electron chi connectivity index (χ1n) is 11.2. The molecule has 0 bridgehead atoms. The van der Waals surface area contributed by atoms with Crippen LogP contribution in [0.25, 0.3) is 10.4 Å². The maximum Gasteiger partial charge on any atom is 0.390 e. The Morgan fingerprint density at radius 1 is 1.12 bits per heavy atom. The molecule has 0 saturated heterocycles. The van der Waals surface area contributed by atoms with Gasteiger partial charge in [0.05, 0.1) is 10.6 Å². The highest BCUT2D eigenvalue weighted by Crippen LogP contribution is 2.34. The molecule has 5 N–H and O–H groups in total. The first kappa shape index (κ1) is 34.3. The number of urea groups is 1. The van der Waals surface area contributed by atoms with E-state index in [1.807, 2.05) is 19.9 Å². The Morgan fingerprint density at radius 3 is 2.34 bits per heavy atom. The monoisotopic (exact) mass is 692 g/mol. The van der Waals surface area contributed by atoms with E-state index in [2.05, 4.69) is 20.5 Å². The summed E-state index contributed by atoms with van der Waals surface area (Å²) < 4.78 is 121. The Labute approximate surface area is 240 Å². The standard InChI is InChI=1S/C18H24N6O11S6/c1-3-5-8-13(4-2)20-18(25)22-21-17-15(11-19)16(36-23-17)12-7-6-9-14(10-12)24-38(28,29)40(32,33)41(34,35)39(30,31)37(26)27/h6-7,9-10,13,24H,3-5,8H2,1-2H3,(H,21,23)(H,26,27)(H2,20,22,25). The third kappa shape index (κ3) is 7.31. The van der Waals surface area contributed by atoms with Crippen molar-refractivity contribution in [2.75, 3.05) is 10.1 Å². The number of nitrogens with one attached hydrogen (secondary N) is 4. The maximum atomic E-state index is 12.4. The van der Waals surface area contributed by atoms with Crippen LogP contribution in [-0.4, -0.2) is 58.9 Å². The van der Waals surface area contributed by atoms with Crippen LogP contribution >= 0.6 is 11.5 Å². The number of anilines is 2. The minimum atomic E-state index is -6.77. The highest BCUT2D eigenvalue weighted by molar-refractivity contribution is 9.24. The average molecular weight is 693 g/mol. The summed E-state index contributed by atoms with van der Waals surface area (Å²) in [6, 6.07) is 5.72. The summed E-state index contributed by atoms with van der Waals surface area (Å²) in [4.78, 5) is 12.4. The number of hydrazine groups is 1. The SMILES string of the molecule is CCCCC(CC)NC(=O)NNc1nsc(-c2cccc(NS(=O)(=O)S(=O)(=O)S(=O)(=O)S(=O)(=O)S(=O)O)c2)c1C#N. The summed E-state index contributed by atoms with van der Waals surface area (Å²) in [6.45, 7) is 3.93. The quantitative estimate of drug-likeness (QED) is 0.106. The number of hydrogen-bond donors (Lipinski definition) is 5. The molecule has 17 nitrogen and oxygen atoms in total. The van der Waals surface area contributed by atoms with E-state index in [1.165, 1.54) is 16.9 Å². The summed E-state index contributed by atoms with van der Waals surface area (Å²) in [7, 11) is -30.2. The summed E-state index contributed by atoms with van der Waals surface area (Å²) >= 11 is 0.739. The first-order chi connectivity index (χ1) is 19.0. The minimum Gasteiger partial charge on any atom is -0.334 e. The van der Waals surface area contributed by atoms with Gasteiger partial charge in [0.15, 0.2) is 5.82 Å². The zero-order valence-corrected chi connectivity index (χ0v) is 26.0. The van der Waals surface area contributed by atoms with E-state index in [4.69, 9.17) is 4.55 Å². The number of hydrogen-bond acceptors (Lipinski definition) is 14. The Hall–Kier alpha value is -2.88. The molecule has 2 amide bonds. The molecule has 41 heavy (non-hydrogen) atoms. The van der Waals surface area contributed by atoms with Crippen molar-refractivity contribution in [3.8, 4) is 16.5 Å². The minimum absolute atomic E-state index is 0.0638. The molecule has 2 rings (SSSR count). The second-order valence-corrected chi connectivity index (χ2v) is 24.6. The van der Waals surface area contributed by atoms with Crippen molar-refractivity contribution >= 4 is 71.9 Å². The van der Waals surface area contributed by atoms with E-state index in [-0.39, 0.29) is 27.9 Å². The number of aromatic nitrogens is 1. The molecule has 0 saturated carbocycles. The summed E-state index contributed by atoms with van der Waals surface area (Å²) in [6.07, 6.45) is 3.34. The predicted octanol–water partition coefficient (Wildman–Crippen LogP) is 1.14. The summed E-state index contributed by atoms with van der Waals surface area (Å²) in [5, 5.41) is 12.4. The van der Waals surface area contributed by atoms with Crippen LogP contribution < -0.4 is 20.9 Å². The lowest BCUT2D eigenvalue weighted by molar-refractivity contribution is 0.237. The molecule has 0 radical (unpaired) electrons. The van der Waals surface area contributed by atoms with E-state index in [0.717, 1.165) is 42.9 Å². The van der Waals surface area contributed by atoms with Gasteiger partial charge in [0, 0.05) is 6.04 Å². The van der Waals surface area contributed by atoms with Crippen molar-refractivity contribution in [3.63, 3.8) is 0 Å². The van der Waals surface area contributed by atoms with E-state index >= 15 is 0 Å². The van der Waals surface area contributed by atoms with Gasteiger partial charge in [-0.1, -0.05) is 38.8 Å². The lowest BCUT2D eigenvalue weighted by Gasteiger charge is -2.17. The van der Waals surface area contributed by atoms with Crippen molar-refractivity contribution in [2.24, 2.45) is 0 Å². The van der Waals surface area contributed by atoms with Crippen LogP contribution in [0.15, 0.2) is 24.3 Å². The average Bonchev–Trinajstić information content (AvgIpc) is 3.32. The number of carbonyl (C=O) groups is 1. The van der Waals surface area contributed by atoms with E-state index in [9.17, 15) is 47.9 Å². The van der Waals surface area contributed by atoms with E-state index in [1.54, 1.807) is 0 Å². The fraction of sp³-hybridized carbons (Fsp3) is 0.389. The molecule has 0 aliphatic heterocycles. The largest absolute Gasteiger partial charge is 0.390 e. The molecule has 0 aliphatic carbocycles. The molecule has 228 valence electrons. The predicted molar refractivity (Wildman–Crippen MR) is 151 cm³/mol. The Kier molecular flexibility index (Phi) is 11.2. The number of nitrogens with zero attached hydrogens (tertiary/aromatic N) is 2. The molecule has 2 unspecified atom stereocenters. The van der Waals surface area contributed by atoms with Crippen molar-refractivity contribution < 1.29 is 47.2 Å². The molecular formula is C18H24N6O11S6. The number of carbonyl (C=O) groups excluding carboxylic acids is 1. The maximum absolute atomic E-state index is 12.4. The van der Waals surface area contributed by atoms with E-state index in [0.29, 0.717) is 6.42 Å². The van der Waals surface area contributed by atoms with Crippen molar-refractivity contribution in [3.05, 3.63) is 29.8 Å². The first-order valence-corrected chi connectivity index (χ1v) is 21.1. The lowest BCUT2D eigenvalue weighted by Crippen LogP contribution is -2.44. The zero-order valence-electron chi connectivity index (χ0n) is 21.1. The topological polar surface area (TPSA) is 276 Å². The van der Waals surface area contributed by atoms with Crippen LogP contribution in [0.5, 0.6) is 0 Å². The number of rotatable bonds is 14. The molecule has 2 atom stereocenters. The molecular weight excluding hydrogens is 669 g/mol. The third-order valence-corrected chi connectivity index (χ3v) is 25.0. The molecule has 0 fully saturated rings. The number of amides is 2. The van der Waals surface area contributed by atoms with Crippen LogP contribution in [0.4, 0.5) is 16.3 Å². The van der Waals surface area contributed by atoms with Gasteiger partial charge in [-0.2, -0.15) is 43.3 Å². The number of nitriles is 1. The zero-order chi connectivity index (χ0) is 31.2. The molecule has 2 aromatic rings. The van der Waals surface area contributed by atoms with Crippen molar-refractivity contribution in [2.45, 2.75) is 45.6 Å². The fourth-order valence-corrected chi connectivity index (χ4v) is 20.8. The van der Waals surface area contributed by atoms with E-state index < -0.39 is 54.6 Å². The summed E-state index contributed by atoms with van der Waals surface area (Å²) in [5.74, 6) is -0.0638. The van der Waals surface area contributed by atoms with Gasteiger partial charge in [-0.15, -0.1) is 0 Å². The molecule has 0 spiro atoms. The normalized spacial score (nSPS) is 13.9. The lowest BCUT2D eigenvalue weighted by atomic mass is 10.1. The van der Waals surface area contributed by atoms with Crippen molar-refractivity contribution in [1.29, 1.82) is 5.26 Å². The van der Waals surface area contributed by atoms with Crippen LogP contribution in [0.1, 0.15) is 45.1 Å². The molecule has 1 heterocycles. The number of benzene rings is 1. The Bertz CT molecular complexity index is 1800. The van der Waals surface area contributed by atoms with Gasteiger partial charge in [0.25, 0.3) is 10.1 Å². The third-order valence-electron chi connectivity index (χ3n) is 5.14. The Morgan fingerprint density at radius 2 is 1.78 bits per heavy atom. The van der Waals surface area contributed by atoms with Gasteiger partial charge >= 0.3 is 38.8 Å². The van der Waals surface area contributed by atoms with Gasteiger partial charge in [0.2, 0.25) is 0 Å². The van der Waals surface area contributed by atoms with Gasteiger partial charge in [0.1, 0.15) is 11.6 Å². The van der Waals surface area contributed by atoms with Gasteiger partial charge < -0.3 is 5.32 Å². The molecule has 23 heteroatoms.